The minimum atomic E-state index is 0.439. The van der Waals surface area contributed by atoms with Gasteiger partial charge in [0.2, 0.25) is 0 Å². The number of nitrogens with two attached hydrogens (primary N) is 1. The molecule has 0 amide bonds. The fourth-order valence-electron chi connectivity index (χ4n) is 2.11. The number of hydrogen-bond acceptors (Lipinski definition) is 3. The average molecular weight is 285 g/mol. The Hall–Kier alpha value is -1.78. The summed E-state index contributed by atoms with van der Waals surface area (Å²) in [6, 6.07) is 14.2. The minimum absolute atomic E-state index is 0.439. The predicted octanol–water partition coefficient (Wildman–Crippen LogP) is 2.66. The van der Waals surface area contributed by atoms with Gasteiger partial charge in [0.25, 0.3) is 0 Å². The zero-order chi connectivity index (χ0) is 14.5. The zero-order valence-electron chi connectivity index (χ0n) is 11.8. The number of hydrogen-bond donors (Lipinski definition) is 1. The Balaban J connectivity index is 1.97. The number of pyridine rings is 1. The second-order valence-electron chi connectivity index (χ2n) is 5.00. The highest BCUT2D eigenvalue weighted by Gasteiger charge is 2.04. The highest BCUT2D eigenvalue weighted by atomic mass is 32.1. The van der Waals surface area contributed by atoms with E-state index in [0.717, 1.165) is 30.0 Å². The van der Waals surface area contributed by atoms with Gasteiger partial charge in [-0.2, -0.15) is 0 Å². The van der Waals surface area contributed by atoms with Crippen LogP contribution in [0.5, 0.6) is 0 Å². The molecule has 0 aliphatic rings. The first-order chi connectivity index (χ1) is 9.54. The van der Waals surface area contributed by atoms with Crippen molar-refractivity contribution >= 4 is 17.2 Å². The zero-order valence-corrected chi connectivity index (χ0v) is 12.7. The maximum atomic E-state index is 5.59. The SMILES string of the molecule is Cc1cccc(CN(C)Cc2ccc(C(N)=S)cc2)n1. The van der Waals surface area contributed by atoms with Crippen molar-refractivity contribution in [2.24, 2.45) is 5.73 Å². The van der Waals surface area contributed by atoms with Crippen LogP contribution >= 0.6 is 12.2 Å². The number of nitrogens with zero attached hydrogens (tertiary/aromatic N) is 2. The minimum Gasteiger partial charge on any atom is -0.389 e. The Morgan fingerprint density at radius 1 is 1.15 bits per heavy atom. The quantitative estimate of drug-likeness (QED) is 0.858. The maximum Gasteiger partial charge on any atom is 0.103 e. The Morgan fingerprint density at radius 2 is 1.85 bits per heavy atom. The van der Waals surface area contributed by atoms with E-state index in [-0.39, 0.29) is 0 Å². The van der Waals surface area contributed by atoms with E-state index in [4.69, 9.17) is 18.0 Å². The topological polar surface area (TPSA) is 42.1 Å². The molecule has 0 aliphatic heterocycles. The third-order valence-corrected chi connectivity index (χ3v) is 3.30. The summed E-state index contributed by atoms with van der Waals surface area (Å²) in [6.45, 7) is 3.71. The van der Waals surface area contributed by atoms with Gasteiger partial charge in [-0.05, 0) is 31.7 Å². The lowest BCUT2D eigenvalue weighted by Gasteiger charge is -2.16. The van der Waals surface area contributed by atoms with Crippen LogP contribution in [0.3, 0.4) is 0 Å². The van der Waals surface area contributed by atoms with E-state index >= 15 is 0 Å². The van der Waals surface area contributed by atoms with Gasteiger partial charge in [0.1, 0.15) is 4.99 Å². The molecule has 2 aromatic rings. The number of thiocarbonyl (C=S) groups is 1. The molecule has 2 N–H and O–H groups in total. The van der Waals surface area contributed by atoms with Crippen molar-refractivity contribution in [3.05, 3.63) is 65.0 Å². The molecule has 0 atom stereocenters. The van der Waals surface area contributed by atoms with Gasteiger partial charge in [0, 0.05) is 24.3 Å². The fraction of sp³-hybridized carbons (Fsp3) is 0.250. The second kappa shape index (κ2) is 6.59. The summed E-state index contributed by atoms with van der Waals surface area (Å²) in [7, 11) is 2.09. The highest BCUT2D eigenvalue weighted by molar-refractivity contribution is 7.80. The molecule has 0 fully saturated rings. The summed E-state index contributed by atoms with van der Waals surface area (Å²) in [4.78, 5) is 7.19. The van der Waals surface area contributed by atoms with Gasteiger partial charge in [-0.25, -0.2) is 0 Å². The third-order valence-electron chi connectivity index (χ3n) is 3.07. The lowest BCUT2D eigenvalue weighted by atomic mass is 10.1. The van der Waals surface area contributed by atoms with Crippen molar-refractivity contribution < 1.29 is 0 Å². The van der Waals surface area contributed by atoms with Gasteiger partial charge in [-0.1, -0.05) is 42.5 Å². The van der Waals surface area contributed by atoms with Crippen molar-refractivity contribution in [2.45, 2.75) is 20.0 Å². The van der Waals surface area contributed by atoms with E-state index < -0.39 is 0 Å². The van der Waals surface area contributed by atoms with Crippen molar-refractivity contribution in [1.82, 2.24) is 9.88 Å². The van der Waals surface area contributed by atoms with Crippen molar-refractivity contribution in [1.29, 1.82) is 0 Å². The lowest BCUT2D eigenvalue weighted by molar-refractivity contribution is 0.315. The van der Waals surface area contributed by atoms with Crippen molar-refractivity contribution in [3.8, 4) is 0 Å². The van der Waals surface area contributed by atoms with Crippen molar-refractivity contribution in [3.63, 3.8) is 0 Å². The molecule has 1 aromatic heterocycles. The first-order valence-electron chi connectivity index (χ1n) is 6.54. The van der Waals surface area contributed by atoms with Crippen molar-refractivity contribution in [2.75, 3.05) is 7.05 Å². The Kier molecular flexibility index (Phi) is 4.82. The van der Waals surface area contributed by atoms with Crippen LogP contribution in [0.1, 0.15) is 22.5 Å². The summed E-state index contributed by atoms with van der Waals surface area (Å²) in [5.41, 5.74) is 9.88. The molecule has 1 aromatic carbocycles. The van der Waals surface area contributed by atoms with E-state index in [9.17, 15) is 0 Å². The van der Waals surface area contributed by atoms with Gasteiger partial charge < -0.3 is 5.73 Å². The number of benzene rings is 1. The van der Waals surface area contributed by atoms with Crippen LogP contribution < -0.4 is 5.73 Å². The number of rotatable bonds is 5. The first kappa shape index (κ1) is 14.6. The molecule has 0 saturated heterocycles. The molecular formula is C16H19N3S. The predicted molar refractivity (Wildman–Crippen MR) is 86.5 cm³/mol. The summed E-state index contributed by atoms with van der Waals surface area (Å²) < 4.78 is 0. The fourth-order valence-corrected chi connectivity index (χ4v) is 2.24. The van der Waals surface area contributed by atoms with E-state index in [2.05, 4.69) is 35.1 Å². The molecule has 104 valence electrons. The van der Waals surface area contributed by atoms with Crippen LogP contribution in [0.2, 0.25) is 0 Å². The molecule has 0 radical (unpaired) electrons. The van der Waals surface area contributed by atoms with Gasteiger partial charge in [-0.15, -0.1) is 0 Å². The average Bonchev–Trinajstić information content (AvgIpc) is 2.39. The summed E-state index contributed by atoms with van der Waals surface area (Å²) in [5, 5.41) is 0. The second-order valence-corrected chi connectivity index (χ2v) is 5.44. The van der Waals surface area contributed by atoms with E-state index in [1.54, 1.807) is 0 Å². The molecule has 20 heavy (non-hydrogen) atoms. The van der Waals surface area contributed by atoms with Crippen LogP contribution in [0.4, 0.5) is 0 Å². The van der Waals surface area contributed by atoms with Crippen LogP contribution in [-0.4, -0.2) is 21.9 Å². The molecule has 0 spiro atoms. The van der Waals surface area contributed by atoms with Gasteiger partial charge in [0.05, 0.1) is 5.69 Å². The van der Waals surface area contributed by atoms with Crippen LogP contribution in [0.25, 0.3) is 0 Å². The van der Waals surface area contributed by atoms with E-state index in [1.165, 1.54) is 5.56 Å². The van der Waals surface area contributed by atoms with Gasteiger partial charge >= 0.3 is 0 Å². The van der Waals surface area contributed by atoms with E-state index in [0.29, 0.717) is 4.99 Å². The molecular weight excluding hydrogens is 266 g/mol. The van der Waals surface area contributed by atoms with Gasteiger partial charge in [0.15, 0.2) is 0 Å². The Morgan fingerprint density at radius 3 is 2.45 bits per heavy atom. The largest absolute Gasteiger partial charge is 0.389 e. The monoisotopic (exact) mass is 285 g/mol. The molecule has 0 unspecified atom stereocenters. The highest BCUT2D eigenvalue weighted by Crippen LogP contribution is 2.09. The molecule has 0 bridgehead atoms. The van der Waals surface area contributed by atoms with Crippen LogP contribution in [0, 0.1) is 6.92 Å². The molecule has 0 aliphatic carbocycles. The molecule has 0 saturated carbocycles. The maximum absolute atomic E-state index is 5.59. The molecule has 3 nitrogen and oxygen atoms in total. The standard InChI is InChI=1S/C16H19N3S/c1-12-4-3-5-15(18-12)11-19(2)10-13-6-8-14(9-7-13)16(17)20/h3-9H,10-11H2,1-2H3,(H2,17,20). The number of aryl methyl sites for hydroxylation is 1. The summed E-state index contributed by atoms with van der Waals surface area (Å²) >= 11 is 4.95. The third kappa shape index (κ3) is 4.11. The van der Waals surface area contributed by atoms with Crippen LogP contribution in [0.15, 0.2) is 42.5 Å². The van der Waals surface area contributed by atoms with Gasteiger partial charge in [-0.3, -0.25) is 9.88 Å². The summed E-state index contributed by atoms with van der Waals surface area (Å²) in [6.07, 6.45) is 0. The molecule has 1 heterocycles. The van der Waals surface area contributed by atoms with E-state index in [1.807, 2.05) is 31.2 Å². The normalized spacial score (nSPS) is 10.8. The smallest absolute Gasteiger partial charge is 0.103 e. The lowest BCUT2D eigenvalue weighted by Crippen LogP contribution is -2.18. The summed E-state index contributed by atoms with van der Waals surface area (Å²) in [5.74, 6) is 0. The molecule has 2 rings (SSSR count). The Labute approximate surface area is 125 Å². The first-order valence-corrected chi connectivity index (χ1v) is 6.95. The molecule has 4 heteroatoms. The van der Waals surface area contributed by atoms with Crippen LogP contribution in [-0.2, 0) is 13.1 Å². The Bertz CT molecular complexity index is 593. The number of aromatic nitrogens is 1.